The third-order valence-electron chi connectivity index (χ3n) is 9.39. The molecule has 2 aliphatic carbocycles. The van der Waals surface area contributed by atoms with Crippen molar-refractivity contribution in [1.82, 2.24) is 0 Å². The third-order valence-corrected chi connectivity index (χ3v) is 9.39. The second-order valence-electron chi connectivity index (χ2n) is 11.9. The minimum atomic E-state index is -1.67. The predicted molar refractivity (Wildman–Crippen MR) is 158 cm³/mol. The van der Waals surface area contributed by atoms with Crippen LogP contribution in [0.25, 0.3) is 0 Å². The number of hydrogen-bond donors (Lipinski definition) is 9. The molecule has 0 amide bonds. The molecule has 2 bridgehead atoms. The molecule has 0 unspecified atom stereocenters. The van der Waals surface area contributed by atoms with Crippen LogP contribution in [0.3, 0.4) is 0 Å². The van der Waals surface area contributed by atoms with Crippen molar-refractivity contribution in [1.29, 1.82) is 0 Å². The van der Waals surface area contributed by atoms with Gasteiger partial charge < -0.3 is 55.4 Å². The minimum Gasteiger partial charge on any atom is -0.508 e. The van der Waals surface area contributed by atoms with Crippen LogP contribution in [0.2, 0.25) is 0 Å². The van der Waals surface area contributed by atoms with Gasteiger partial charge in [0.25, 0.3) is 0 Å². The molecule has 0 saturated carbocycles. The van der Waals surface area contributed by atoms with Crippen molar-refractivity contribution < 1.29 is 55.4 Å². The van der Waals surface area contributed by atoms with Gasteiger partial charge in [0.15, 0.2) is 0 Å². The fourth-order valence-corrected chi connectivity index (χ4v) is 7.50. The number of phenolic OH excluding ortho intramolecular Hbond substituents is 5. The first-order valence-corrected chi connectivity index (χ1v) is 14.5. The van der Waals surface area contributed by atoms with E-state index in [1.54, 1.807) is 60.7 Å². The monoisotopic (exact) mass is 616 g/mol. The Kier molecular flexibility index (Phi) is 7.03. The molecule has 45 heavy (non-hydrogen) atoms. The number of aromatic hydroxyl groups is 5. The lowest BCUT2D eigenvalue weighted by Crippen LogP contribution is -2.60. The molecule has 1 aliphatic heterocycles. The zero-order chi connectivity index (χ0) is 31.7. The van der Waals surface area contributed by atoms with Crippen LogP contribution in [0.1, 0.15) is 57.1 Å². The van der Waals surface area contributed by atoms with E-state index >= 15 is 0 Å². The van der Waals surface area contributed by atoms with E-state index in [1.165, 1.54) is 12.1 Å². The summed E-state index contributed by atoms with van der Waals surface area (Å²) in [5, 5.41) is 94.3. The van der Waals surface area contributed by atoms with Gasteiger partial charge in [-0.3, -0.25) is 0 Å². The van der Waals surface area contributed by atoms with E-state index in [1.807, 2.05) is 0 Å². The van der Waals surface area contributed by atoms with Crippen molar-refractivity contribution in [3.63, 3.8) is 0 Å². The van der Waals surface area contributed by atoms with Crippen LogP contribution in [0, 0.1) is 0 Å². The first-order valence-electron chi connectivity index (χ1n) is 14.5. The summed E-state index contributed by atoms with van der Waals surface area (Å²) in [7, 11) is 0. The highest BCUT2D eigenvalue weighted by Crippen LogP contribution is 2.68. The molecule has 0 spiro atoms. The zero-order valence-corrected chi connectivity index (χ0v) is 23.7. The molecule has 11 heteroatoms. The van der Waals surface area contributed by atoms with Gasteiger partial charge in [-0.25, -0.2) is 0 Å². The van der Waals surface area contributed by atoms with Gasteiger partial charge in [-0.1, -0.05) is 24.3 Å². The number of aliphatic hydroxyl groups excluding tert-OH is 4. The normalized spacial score (nSPS) is 30.0. The Bertz CT molecular complexity index is 1740. The molecule has 4 aromatic carbocycles. The van der Waals surface area contributed by atoms with Gasteiger partial charge in [-0.2, -0.15) is 0 Å². The first kappa shape index (κ1) is 29.2. The van der Waals surface area contributed by atoms with Crippen LogP contribution in [-0.4, -0.2) is 83.3 Å². The van der Waals surface area contributed by atoms with Crippen LogP contribution < -0.4 is 4.74 Å². The number of phenols is 5. The number of aliphatic hydroxyl groups is 4. The average molecular weight is 617 g/mol. The Labute approximate surface area is 257 Å². The number of hydrogen-bond acceptors (Lipinski definition) is 11. The lowest BCUT2D eigenvalue weighted by atomic mass is 9.63. The topological polar surface area (TPSA) is 201 Å². The number of fused-ring (bicyclic) bond motifs is 7. The van der Waals surface area contributed by atoms with Crippen molar-refractivity contribution in [2.75, 3.05) is 6.61 Å². The molecule has 0 radical (unpaired) electrons. The van der Waals surface area contributed by atoms with Crippen LogP contribution in [0.5, 0.6) is 34.5 Å². The van der Waals surface area contributed by atoms with E-state index in [4.69, 9.17) is 9.47 Å². The molecule has 7 rings (SSSR count). The lowest BCUT2D eigenvalue weighted by Gasteiger charge is -2.40. The van der Waals surface area contributed by atoms with Gasteiger partial charge in [0.2, 0.25) is 6.29 Å². The highest BCUT2D eigenvalue weighted by atomic mass is 16.7. The maximum atomic E-state index is 11.6. The van der Waals surface area contributed by atoms with Gasteiger partial charge in [0, 0.05) is 46.9 Å². The summed E-state index contributed by atoms with van der Waals surface area (Å²) in [4.78, 5) is 0. The Hall–Kier alpha value is -4.52. The van der Waals surface area contributed by atoms with Gasteiger partial charge >= 0.3 is 0 Å². The maximum absolute atomic E-state index is 11.6. The highest BCUT2D eigenvalue weighted by molar-refractivity contribution is 5.68. The summed E-state index contributed by atoms with van der Waals surface area (Å²) < 4.78 is 11.5. The second kappa shape index (κ2) is 10.8. The van der Waals surface area contributed by atoms with Gasteiger partial charge in [0.1, 0.15) is 58.9 Å². The standard InChI is InChI=1S/C34H32O11/c35-13-24-31(41)32(42)33(43)34(45-24)44-19-11-21-28(23(40)12-19)30-20-9-18(38)10-22(39)27(20)25(14-1-5-16(36)6-2-14)29(21)26(30)15-3-7-17(37)8-4-15/h1-12,24-26,29-43H,13H2/t24-,25-,26-,29+,30+,31-,32+,33-,34-/m1/s1. The summed E-state index contributed by atoms with van der Waals surface area (Å²) in [6.45, 7) is -0.638. The Morgan fingerprint density at radius 2 is 1.18 bits per heavy atom. The molecule has 1 fully saturated rings. The van der Waals surface area contributed by atoms with E-state index in [0.29, 0.717) is 22.3 Å². The molecule has 1 heterocycles. The molecule has 0 aromatic heterocycles. The molecule has 1 saturated heterocycles. The summed E-state index contributed by atoms with van der Waals surface area (Å²) in [5.41, 5.74) is 3.89. The molecule has 4 aromatic rings. The zero-order valence-electron chi connectivity index (χ0n) is 23.7. The molecule has 234 valence electrons. The maximum Gasteiger partial charge on any atom is 0.229 e. The van der Waals surface area contributed by atoms with Crippen molar-refractivity contribution in [2.45, 2.75) is 54.4 Å². The van der Waals surface area contributed by atoms with Crippen molar-refractivity contribution >= 4 is 0 Å². The first-order chi connectivity index (χ1) is 21.6. The summed E-state index contributed by atoms with van der Waals surface area (Å²) in [5.74, 6) is -2.15. The van der Waals surface area contributed by atoms with Gasteiger partial charge in [-0.15, -0.1) is 0 Å². The van der Waals surface area contributed by atoms with Crippen molar-refractivity contribution in [2.24, 2.45) is 0 Å². The quantitative estimate of drug-likeness (QED) is 0.160. The molecule has 3 aliphatic rings. The lowest BCUT2D eigenvalue weighted by molar-refractivity contribution is -0.277. The van der Waals surface area contributed by atoms with E-state index in [0.717, 1.165) is 11.1 Å². The van der Waals surface area contributed by atoms with Crippen molar-refractivity contribution in [3.8, 4) is 34.5 Å². The van der Waals surface area contributed by atoms with E-state index in [2.05, 4.69) is 0 Å². The fraction of sp³-hybridized carbons (Fsp3) is 0.294. The largest absolute Gasteiger partial charge is 0.508 e. The Balaban J connectivity index is 1.42. The second-order valence-corrected chi connectivity index (χ2v) is 11.9. The SMILES string of the molecule is OC[C@H]1O[C@@H](Oc2cc(O)c3c(c2)[C@H]2[C@H](c4ccc(O)cc4)c4c(O)cc(O)cc4[C@H]3[C@@H]2c2ccc(O)cc2)[C@H](O)[C@@H](O)[C@@H]1O. The minimum absolute atomic E-state index is 0.0531. The number of benzene rings is 4. The molecular formula is C34H32O11. The van der Waals surface area contributed by atoms with Gasteiger partial charge in [-0.05, 0) is 58.7 Å². The number of rotatable bonds is 5. The van der Waals surface area contributed by atoms with Crippen LogP contribution in [0.15, 0.2) is 72.8 Å². The van der Waals surface area contributed by atoms with Crippen LogP contribution >= 0.6 is 0 Å². The highest BCUT2D eigenvalue weighted by Gasteiger charge is 2.54. The van der Waals surface area contributed by atoms with E-state index in [9.17, 15) is 46.0 Å². The van der Waals surface area contributed by atoms with Crippen LogP contribution in [-0.2, 0) is 4.74 Å². The van der Waals surface area contributed by atoms with E-state index < -0.39 is 55.1 Å². The molecular weight excluding hydrogens is 584 g/mol. The van der Waals surface area contributed by atoms with E-state index in [-0.39, 0.29) is 40.4 Å². The number of ether oxygens (including phenoxy) is 2. The predicted octanol–water partition coefficient (Wildman–Crippen LogP) is 2.55. The Morgan fingerprint density at radius 3 is 1.82 bits per heavy atom. The summed E-state index contributed by atoms with van der Waals surface area (Å²) in [6, 6.07) is 19.2. The smallest absolute Gasteiger partial charge is 0.229 e. The molecule has 11 nitrogen and oxygen atoms in total. The third kappa shape index (κ3) is 4.63. The summed E-state index contributed by atoms with van der Waals surface area (Å²) >= 11 is 0. The van der Waals surface area contributed by atoms with Crippen molar-refractivity contribution in [3.05, 3.63) is 106 Å². The molecule has 9 atom stereocenters. The van der Waals surface area contributed by atoms with Crippen LogP contribution in [0.4, 0.5) is 0 Å². The van der Waals surface area contributed by atoms with Gasteiger partial charge in [0.05, 0.1) is 6.61 Å². The Morgan fingerprint density at radius 1 is 0.578 bits per heavy atom. The average Bonchev–Trinajstić information content (AvgIpc) is 3.28. The molecule has 9 N–H and O–H groups in total. The summed E-state index contributed by atoms with van der Waals surface area (Å²) in [6.07, 6.45) is -7.59. The fourth-order valence-electron chi connectivity index (χ4n) is 7.50.